The fourth-order valence-corrected chi connectivity index (χ4v) is 3.44. The van der Waals surface area contributed by atoms with E-state index < -0.39 is 0 Å². The Morgan fingerprint density at radius 3 is 2.38 bits per heavy atom. The van der Waals surface area contributed by atoms with Crippen molar-refractivity contribution in [1.82, 2.24) is 0 Å². The number of benzene rings is 1. The minimum absolute atomic E-state index is 0.284. The summed E-state index contributed by atoms with van der Waals surface area (Å²) in [5.74, 6) is 0.886. The van der Waals surface area contributed by atoms with Gasteiger partial charge in [-0.05, 0) is 40.5 Å². The van der Waals surface area contributed by atoms with E-state index in [0.29, 0.717) is 5.25 Å². The average molecular weight is 303 g/mol. The summed E-state index contributed by atoms with van der Waals surface area (Å²) in [5, 5.41) is 0.488. The Bertz CT molecular complexity index is 357. The largest absolute Gasteiger partial charge is 0.496 e. The van der Waals surface area contributed by atoms with Gasteiger partial charge in [0.05, 0.1) is 11.6 Å². The van der Waals surface area contributed by atoms with Gasteiger partial charge in [-0.1, -0.05) is 26.8 Å². The van der Waals surface area contributed by atoms with Gasteiger partial charge in [0.15, 0.2) is 0 Å². The first kappa shape index (κ1) is 13.9. The van der Waals surface area contributed by atoms with Gasteiger partial charge in [-0.15, -0.1) is 11.8 Å². The molecule has 0 spiro atoms. The second kappa shape index (κ2) is 5.46. The SMILES string of the molecule is COc1ccc(C(C)SC(C)(C)C)cc1Br. The van der Waals surface area contributed by atoms with Crippen LogP contribution in [0.1, 0.15) is 38.5 Å². The van der Waals surface area contributed by atoms with Gasteiger partial charge in [-0.2, -0.15) is 0 Å². The molecule has 0 N–H and O–H groups in total. The lowest BCUT2D eigenvalue weighted by atomic mass is 10.1. The Kier molecular flexibility index (Phi) is 4.74. The van der Waals surface area contributed by atoms with E-state index in [0.717, 1.165) is 10.2 Å². The van der Waals surface area contributed by atoms with E-state index in [9.17, 15) is 0 Å². The highest BCUT2D eigenvalue weighted by atomic mass is 79.9. The summed E-state index contributed by atoms with van der Waals surface area (Å²) in [4.78, 5) is 0. The molecule has 16 heavy (non-hydrogen) atoms. The van der Waals surface area contributed by atoms with Crippen LogP contribution < -0.4 is 4.74 Å². The van der Waals surface area contributed by atoms with Crippen LogP contribution in [0.3, 0.4) is 0 Å². The van der Waals surface area contributed by atoms with Gasteiger partial charge in [0.1, 0.15) is 5.75 Å². The van der Waals surface area contributed by atoms with Crippen LogP contribution >= 0.6 is 27.7 Å². The van der Waals surface area contributed by atoms with Crippen LogP contribution in [0.25, 0.3) is 0 Å². The molecule has 1 unspecified atom stereocenters. The molecule has 0 heterocycles. The van der Waals surface area contributed by atoms with Crippen molar-refractivity contribution in [3.05, 3.63) is 28.2 Å². The zero-order chi connectivity index (χ0) is 12.3. The number of rotatable bonds is 3. The van der Waals surface area contributed by atoms with Gasteiger partial charge in [-0.25, -0.2) is 0 Å². The van der Waals surface area contributed by atoms with Gasteiger partial charge in [-0.3, -0.25) is 0 Å². The highest BCUT2D eigenvalue weighted by Crippen LogP contribution is 2.39. The first-order chi connectivity index (χ1) is 7.33. The third-order valence-corrected chi connectivity index (χ3v) is 4.13. The number of halogens is 1. The predicted molar refractivity (Wildman–Crippen MR) is 76.5 cm³/mol. The van der Waals surface area contributed by atoms with Crippen LogP contribution in [-0.4, -0.2) is 11.9 Å². The van der Waals surface area contributed by atoms with Crippen molar-refractivity contribution in [2.45, 2.75) is 37.7 Å². The van der Waals surface area contributed by atoms with Crippen LogP contribution in [0, 0.1) is 0 Å². The van der Waals surface area contributed by atoms with Crippen molar-refractivity contribution < 1.29 is 4.74 Å². The molecule has 0 aliphatic carbocycles. The number of hydrogen-bond donors (Lipinski definition) is 0. The molecule has 0 aliphatic heterocycles. The Labute approximate surface area is 111 Å². The molecule has 90 valence electrons. The van der Waals surface area contributed by atoms with Crippen molar-refractivity contribution in [3.8, 4) is 5.75 Å². The van der Waals surface area contributed by atoms with E-state index in [1.165, 1.54) is 5.56 Å². The van der Waals surface area contributed by atoms with E-state index in [-0.39, 0.29) is 4.75 Å². The van der Waals surface area contributed by atoms with Crippen molar-refractivity contribution in [1.29, 1.82) is 0 Å². The molecule has 0 bridgehead atoms. The number of ether oxygens (including phenoxy) is 1. The summed E-state index contributed by atoms with van der Waals surface area (Å²) < 4.78 is 6.53. The minimum Gasteiger partial charge on any atom is -0.496 e. The second-order valence-electron chi connectivity index (χ2n) is 4.77. The van der Waals surface area contributed by atoms with Gasteiger partial charge >= 0.3 is 0 Å². The van der Waals surface area contributed by atoms with Crippen LogP contribution in [0.15, 0.2) is 22.7 Å². The maximum atomic E-state index is 5.23. The quantitative estimate of drug-likeness (QED) is 0.772. The summed E-state index contributed by atoms with van der Waals surface area (Å²) >= 11 is 5.49. The molecule has 0 aromatic heterocycles. The van der Waals surface area contributed by atoms with Gasteiger partial charge in [0, 0.05) is 10.00 Å². The molecule has 0 saturated carbocycles. The summed E-state index contributed by atoms with van der Waals surface area (Å²) in [5.41, 5.74) is 1.33. The molecular weight excluding hydrogens is 284 g/mol. The zero-order valence-corrected chi connectivity index (χ0v) is 12.9. The molecule has 0 aliphatic rings. The summed E-state index contributed by atoms with van der Waals surface area (Å²) in [6, 6.07) is 6.29. The first-order valence-electron chi connectivity index (χ1n) is 5.35. The predicted octanol–water partition coefficient (Wildman–Crippen LogP) is 5.05. The number of methoxy groups -OCH3 is 1. The van der Waals surface area contributed by atoms with Crippen molar-refractivity contribution in [3.63, 3.8) is 0 Å². The normalized spacial score (nSPS) is 13.6. The Morgan fingerprint density at radius 2 is 1.94 bits per heavy atom. The zero-order valence-electron chi connectivity index (χ0n) is 10.5. The van der Waals surface area contributed by atoms with Crippen LogP contribution in [0.5, 0.6) is 5.75 Å². The Hall–Kier alpha value is -0.150. The number of thioether (sulfide) groups is 1. The lowest BCUT2D eigenvalue weighted by Gasteiger charge is -2.23. The Balaban J connectivity index is 2.85. The summed E-state index contributed by atoms with van der Waals surface area (Å²) in [6.07, 6.45) is 0. The highest BCUT2D eigenvalue weighted by Gasteiger charge is 2.17. The fraction of sp³-hybridized carbons (Fsp3) is 0.538. The van der Waals surface area contributed by atoms with E-state index in [1.807, 2.05) is 17.8 Å². The topological polar surface area (TPSA) is 9.23 Å². The van der Waals surface area contributed by atoms with Gasteiger partial charge in [0.25, 0.3) is 0 Å². The maximum absolute atomic E-state index is 5.23. The molecular formula is C13H19BrOS. The third kappa shape index (κ3) is 4.02. The van der Waals surface area contributed by atoms with Crippen molar-refractivity contribution in [2.24, 2.45) is 0 Å². The highest BCUT2D eigenvalue weighted by molar-refractivity contribution is 9.10. The van der Waals surface area contributed by atoms with Crippen LogP contribution in [0.2, 0.25) is 0 Å². The molecule has 0 fully saturated rings. The summed E-state index contributed by atoms with van der Waals surface area (Å²) in [7, 11) is 1.69. The van der Waals surface area contributed by atoms with E-state index in [2.05, 4.69) is 55.8 Å². The lowest BCUT2D eigenvalue weighted by molar-refractivity contribution is 0.412. The molecule has 1 rings (SSSR count). The van der Waals surface area contributed by atoms with Gasteiger partial charge < -0.3 is 4.74 Å². The lowest BCUT2D eigenvalue weighted by Crippen LogP contribution is -2.09. The molecule has 0 amide bonds. The molecule has 1 nitrogen and oxygen atoms in total. The molecule has 3 heteroatoms. The van der Waals surface area contributed by atoms with Crippen LogP contribution in [0.4, 0.5) is 0 Å². The van der Waals surface area contributed by atoms with Crippen molar-refractivity contribution >= 4 is 27.7 Å². The average Bonchev–Trinajstić information content (AvgIpc) is 2.15. The molecule has 0 radical (unpaired) electrons. The smallest absolute Gasteiger partial charge is 0.133 e. The molecule has 0 saturated heterocycles. The van der Waals surface area contributed by atoms with E-state index in [1.54, 1.807) is 7.11 Å². The van der Waals surface area contributed by atoms with E-state index in [4.69, 9.17) is 4.74 Å². The third-order valence-electron chi connectivity index (χ3n) is 2.18. The summed E-state index contributed by atoms with van der Waals surface area (Å²) in [6.45, 7) is 8.97. The minimum atomic E-state index is 0.284. The molecule has 1 atom stereocenters. The first-order valence-corrected chi connectivity index (χ1v) is 7.02. The number of hydrogen-bond acceptors (Lipinski definition) is 2. The second-order valence-corrected chi connectivity index (χ2v) is 7.79. The van der Waals surface area contributed by atoms with E-state index >= 15 is 0 Å². The Morgan fingerprint density at radius 1 is 1.31 bits per heavy atom. The molecule has 1 aromatic carbocycles. The standard InChI is InChI=1S/C13H19BrOS/c1-9(16-13(2,3)4)10-6-7-12(15-5)11(14)8-10/h6-9H,1-5H3. The van der Waals surface area contributed by atoms with Crippen LogP contribution in [-0.2, 0) is 0 Å². The monoisotopic (exact) mass is 302 g/mol. The molecule has 1 aromatic rings. The van der Waals surface area contributed by atoms with Crippen molar-refractivity contribution in [2.75, 3.05) is 7.11 Å². The van der Waals surface area contributed by atoms with Gasteiger partial charge in [0.2, 0.25) is 0 Å². The maximum Gasteiger partial charge on any atom is 0.133 e. The fourth-order valence-electron chi connectivity index (χ4n) is 1.53.